The maximum Gasteiger partial charge on any atom is 0.298 e. The topological polar surface area (TPSA) is 35.0 Å². The predicted molar refractivity (Wildman–Crippen MR) is 16.4 cm³/mol. The normalized spacial score (nSPS) is 5.83. The van der Waals surface area contributed by atoms with Gasteiger partial charge in [-0.15, -0.1) is 0 Å². The van der Waals surface area contributed by atoms with Crippen molar-refractivity contribution in [3.05, 3.63) is 12.4 Å². The third kappa shape index (κ3) is 9.75. The first-order valence-corrected chi connectivity index (χ1v) is 0.885. The highest BCUT2D eigenvalue weighted by Gasteiger charge is 1.78. The van der Waals surface area contributed by atoms with Gasteiger partial charge in [0.25, 0.3) is 6.08 Å². The molecule has 0 spiro atoms. The fraction of sp³-hybridized carbons (Fsp3) is 0. The van der Waals surface area contributed by atoms with Crippen LogP contribution in [0.5, 0.6) is 0 Å². The van der Waals surface area contributed by atoms with Crippen LogP contribution in [-0.4, -0.2) is 0 Å². The van der Waals surface area contributed by atoms with Crippen LogP contribution in [0.4, 0.5) is 13.2 Å². The molecule has 0 aromatic heterocycles. The van der Waals surface area contributed by atoms with Crippen LogP contribution in [-0.2, 0) is 0 Å². The van der Waals surface area contributed by atoms with Crippen molar-refractivity contribution in [2.24, 2.45) is 0 Å². The molecule has 0 fully saturated rings. The molecular weight excluding hydrogens is 95.0 g/mol. The van der Waals surface area contributed by atoms with Crippen LogP contribution in [0.3, 0.4) is 0 Å². The minimum Gasteiger partial charge on any atom is -0.344 e. The molecule has 0 saturated heterocycles. The van der Waals surface area contributed by atoms with E-state index in [-0.39, 0.29) is 6.15 Å². The molecule has 0 saturated carbocycles. The summed E-state index contributed by atoms with van der Waals surface area (Å²) in [6.45, 7) is 0. The zero-order valence-corrected chi connectivity index (χ0v) is 2.92. The lowest BCUT2D eigenvalue weighted by Crippen LogP contribution is -1.42. The van der Waals surface area contributed by atoms with Gasteiger partial charge in [-0.3, -0.25) is 0 Å². The van der Waals surface area contributed by atoms with Gasteiger partial charge in [0.1, 0.15) is 0 Å². The van der Waals surface area contributed by atoms with E-state index in [0.717, 1.165) is 0 Å². The monoisotopic (exact) mass is 99.0 g/mol. The molecule has 0 aromatic rings. The number of halogens is 3. The van der Waals surface area contributed by atoms with E-state index >= 15 is 0 Å². The average molecular weight is 99.1 g/mol. The first-order valence-electron chi connectivity index (χ1n) is 0.885. The van der Waals surface area contributed by atoms with E-state index in [9.17, 15) is 13.2 Å². The second-order valence-electron chi connectivity index (χ2n) is 0.399. The molecule has 0 radical (unpaired) electrons. The smallest absolute Gasteiger partial charge is 0.298 e. The van der Waals surface area contributed by atoms with E-state index in [1.165, 1.54) is 0 Å². The fourth-order valence-electron chi connectivity index (χ4n) is 0. The van der Waals surface area contributed by atoms with Crippen molar-refractivity contribution in [2.75, 3.05) is 0 Å². The molecule has 0 atom stereocenters. The van der Waals surface area contributed by atoms with E-state index in [0.29, 0.717) is 0 Å². The highest BCUT2D eigenvalue weighted by atomic mass is 19.3. The quantitative estimate of drug-likeness (QED) is 0.494. The van der Waals surface area contributed by atoms with Gasteiger partial charge in [0, 0.05) is 0 Å². The molecule has 0 unspecified atom stereocenters. The van der Waals surface area contributed by atoms with Crippen LogP contribution >= 0.6 is 0 Å². The highest BCUT2D eigenvalue weighted by Crippen LogP contribution is 1.93. The van der Waals surface area contributed by atoms with E-state index in [4.69, 9.17) is 0 Å². The van der Waals surface area contributed by atoms with Crippen LogP contribution in [0, 0.1) is 0 Å². The summed E-state index contributed by atoms with van der Waals surface area (Å²) in [6.07, 6.45) is -3.04. The van der Waals surface area contributed by atoms with Gasteiger partial charge in [0.05, 0.1) is 0 Å². The summed E-state index contributed by atoms with van der Waals surface area (Å²) in [5.41, 5.74) is 0. The lowest BCUT2D eigenvalue weighted by Gasteiger charge is -1.59. The van der Waals surface area contributed by atoms with E-state index in [1.54, 1.807) is 0 Å². The summed E-state index contributed by atoms with van der Waals surface area (Å²) in [6, 6.07) is 0. The third-order valence-corrected chi connectivity index (χ3v) is 0.0825. The summed E-state index contributed by atoms with van der Waals surface area (Å²) in [5.74, 6) is 0. The first-order chi connectivity index (χ1) is 2.27. The Morgan fingerprint density at radius 3 is 1.50 bits per heavy atom. The van der Waals surface area contributed by atoms with Crippen molar-refractivity contribution in [3.8, 4) is 0 Å². The molecule has 0 rings (SSSR count). The second kappa shape index (κ2) is 4.49. The molecule has 0 heterocycles. The molecule has 38 valence electrons. The number of rotatable bonds is 0. The van der Waals surface area contributed by atoms with Crippen molar-refractivity contribution >= 4 is 0 Å². The molecular formula is C2H4F3N. The number of hydrogen-bond donors (Lipinski definition) is 1. The van der Waals surface area contributed by atoms with Gasteiger partial charge in [-0.2, -0.15) is 8.78 Å². The molecule has 0 aliphatic heterocycles. The zero-order valence-electron chi connectivity index (χ0n) is 2.92. The van der Waals surface area contributed by atoms with Gasteiger partial charge < -0.3 is 6.15 Å². The Morgan fingerprint density at radius 1 is 1.33 bits per heavy atom. The summed E-state index contributed by atoms with van der Waals surface area (Å²) in [7, 11) is 0. The van der Waals surface area contributed by atoms with Crippen molar-refractivity contribution in [1.29, 1.82) is 0 Å². The molecule has 0 aliphatic carbocycles. The minimum absolute atomic E-state index is 0. The van der Waals surface area contributed by atoms with Crippen molar-refractivity contribution in [1.82, 2.24) is 6.15 Å². The van der Waals surface area contributed by atoms with Gasteiger partial charge in [0.2, 0.25) is 0 Å². The summed E-state index contributed by atoms with van der Waals surface area (Å²) >= 11 is 0. The van der Waals surface area contributed by atoms with E-state index < -0.39 is 12.4 Å². The number of hydrogen-bond acceptors (Lipinski definition) is 1. The lowest BCUT2D eigenvalue weighted by molar-refractivity contribution is 0.400. The standard InChI is InChI=1S/C2HF3.H3N/c3-1-2(4)5;/h1H;1H3. The van der Waals surface area contributed by atoms with Crippen molar-refractivity contribution < 1.29 is 13.2 Å². The average Bonchev–Trinajstić information content (AvgIpc) is 1.38. The van der Waals surface area contributed by atoms with Gasteiger partial charge in [0.15, 0.2) is 6.33 Å². The largest absolute Gasteiger partial charge is 0.344 e. The van der Waals surface area contributed by atoms with Gasteiger partial charge in [-0.25, -0.2) is 4.39 Å². The maximum atomic E-state index is 10.2. The molecule has 1 nitrogen and oxygen atoms in total. The Bertz CT molecular complexity index is 46.8. The van der Waals surface area contributed by atoms with E-state index in [1.807, 2.05) is 0 Å². The highest BCUT2D eigenvalue weighted by molar-refractivity contribution is 4.66. The van der Waals surface area contributed by atoms with Crippen LogP contribution < -0.4 is 6.15 Å². The Kier molecular flexibility index (Phi) is 6.80. The molecule has 4 heteroatoms. The Balaban J connectivity index is 0. The lowest BCUT2D eigenvalue weighted by atomic mass is 11.1. The molecule has 0 amide bonds. The Morgan fingerprint density at radius 2 is 1.50 bits per heavy atom. The second-order valence-corrected chi connectivity index (χ2v) is 0.399. The molecule has 0 bridgehead atoms. The summed E-state index contributed by atoms with van der Waals surface area (Å²) in [4.78, 5) is 0. The van der Waals surface area contributed by atoms with Crippen LogP contribution in [0.1, 0.15) is 0 Å². The van der Waals surface area contributed by atoms with Crippen LogP contribution in [0.15, 0.2) is 12.4 Å². The van der Waals surface area contributed by atoms with E-state index in [2.05, 4.69) is 0 Å². The molecule has 6 heavy (non-hydrogen) atoms. The van der Waals surface area contributed by atoms with Gasteiger partial charge >= 0.3 is 0 Å². The zero-order chi connectivity index (χ0) is 4.28. The third-order valence-electron chi connectivity index (χ3n) is 0.0825. The van der Waals surface area contributed by atoms with Gasteiger partial charge in [-0.1, -0.05) is 0 Å². The molecule has 0 aromatic carbocycles. The fourth-order valence-corrected chi connectivity index (χ4v) is 0. The van der Waals surface area contributed by atoms with Crippen LogP contribution in [0.2, 0.25) is 0 Å². The van der Waals surface area contributed by atoms with Gasteiger partial charge in [-0.05, 0) is 0 Å². The predicted octanol–water partition coefficient (Wildman–Crippen LogP) is 1.86. The SMILES string of the molecule is FC=C(F)F.N. The Hall–Kier alpha value is -0.510. The molecule has 3 N–H and O–H groups in total. The summed E-state index contributed by atoms with van der Waals surface area (Å²) < 4.78 is 30.7. The van der Waals surface area contributed by atoms with Crippen molar-refractivity contribution in [3.63, 3.8) is 0 Å². The maximum absolute atomic E-state index is 10.2. The minimum atomic E-state index is -2.29. The van der Waals surface area contributed by atoms with Crippen molar-refractivity contribution in [2.45, 2.75) is 0 Å². The Labute approximate surface area is 33.0 Å². The molecule has 0 aliphatic rings. The first kappa shape index (κ1) is 9.09. The summed E-state index contributed by atoms with van der Waals surface area (Å²) in [5, 5.41) is 0. The van der Waals surface area contributed by atoms with Crippen LogP contribution in [0.25, 0.3) is 0 Å².